The Kier molecular flexibility index (Phi) is 6.34. The standard InChI is InChI=1S/C26H28N4O3S/c31-26(27-25-23-12-7-13-24(23)28-30(25)22-10-5-2-6-11-22)21-14-17-29(18-15-21)34(32,33)19-16-20-8-3-1-4-9-20/h1-6,8-11,16,19,21H,7,12-15,17-18H2,(H,27,31)/b19-16+. The summed E-state index contributed by atoms with van der Waals surface area (Å²) in [4.78, 5) is 13.2. The molecule has 3 aromatic rings. The summed E-state index contributed by atoms with van der Waals surface area (Å²) >= 11 is 0. The highest BCUT2D eigenvalue weighted by molar-refractivity contribution is 7.92. The first-order valence-corrected chi connectivity index (χ1v) is 13.2. The number of fused-ring (bicyclic) bond motifs is 1. The number of para-hydroxylation sites is 1. The fraction of sp³-hybridized carbons (Fsp3) is 0.308. The molecule has 0 spiro atoms. The first kappa shape index (κ1) is 22.6. The van der Waals surface area contributed by atoms with Gasteiger partial charge in [-0.3, -0.25) is 4.79 Å². The minimum Gasteiger partial charge on any atom is -0.310 e. The van der Waals surface area contributed by atoms with Crippen molar-refractivity contribution in [3.8, 4) is 5.69 Å². The number of carbonyl (C=O) groups excluding carboxylic acids is 1. The second-order valence-electron chi connectivity index (χ2n) is 8.80. The Morgan fingerprint density at radius 2 is 1.65 bits per heavy atom. The number of carbonyl (C=O) groups is 1. The molecule has 0 bridgehead atoms. The van der Waals surface area contributed by atoms with E-state index in [0.29, 0.717) is 25.9 Å². The van der Waals surface area contributed by atoms with Gasteiger partial charge in [-0.2, -0.15) is 9.40 Å². The molecule has 2 aliphatic rings. The fourth-order valence-electron chi connectivity index (χ4n) is 4.68. The van der Waals surface area contributed by atoms with E-state index in [4.69, 9.17) is 5.10 Å². The highest BCUT2D eigenvalue weighted by atomic mass is 32.2. The zero-order valence-corrected chi connectivity index (χ0v) is 19.7. The van der Waals surface area contributed by atoms with Gasteiger partial charge in [0.25, 0.3) is 0 Å². The third-order valence-electron chi connectivity index (χ3n) is 6.57. The van der Waals surface area contributed by atoms with E-state index in [1.165, 1.54) is 9.71 Å². The van der Waals surface area contributed by atoms with E-state index >= 15 is 0 Å². The van der Waals surface area contributed by atoms with Gasteiger partial charge in [0.2, 0.25) is 15.9 Å². The molecular weight excluding hydrogens is 448 g/mol. The van der Waals surface area contributed by atoms with Gasteiger partial charge in [-0.25, -0.2) is 13.1 Å². The summed E-state index contributed by atoms with van der Waals surface area (Å²) in [5, 5.41) is 9.15. The summed E-state index contributed by atoms with van der Waals surface area (Å²) < 4.78 is 28.8. The predicted octanol–water partition coefficient (Wildman–Crippen LogP) is 4.01. The molecule has 0 saturated carbocycles. The van der Waals surface area contributed by atoms with Gasteiger partial charge in [0.1, 0.15) is 5.82 Å². The number of benzene rings is 2. The third kappa shape index (κ3) is 4.69. The number of piperidine rings is 1. The lowest BCUT2D eigenvalue weighted by molar-refractivity contribution is -0.120. The predicted molar refractivity (Wildman–Crippen MR) is 133 cm³/mol. The lowest BCUT2D eigenvalue weighted by Gasteiger charge is -2.29. The van der Waals surface area contributed by atoms with Gasteiger partial charge in [0.15, 0.2) is 0 Å². The first-order valence-electron chi connectivity index (χ1n) is 11.7. The van der Waals surface area contributed by atoms with Crippen molar-refractivity contribution in [3.63, 3.8) is 0 Å². The molecule has 1 amide bonds. The number of rotatable bonds is 6. The van der Waals surface area contributed by atoms with Gasteiger partial charge in [-0.15, -0.1) is 0 Å². The van der Waals surface area contributed by atoms with Gasteiger partial charge in [0, 0.05) is 30.0 Å². The average Bonchev–Trinajstić information content (AvgIpc) is 3.47. The molecule has 0 radical (unpaired) electrons. The number of nitrogens with one attached hydrogen (secondary N) is 1. The van der Waals surface area contributed by atoms with Crippen molar-refractivity contribution in [1.29, 1.82) is 0 Å². The summed E-state index contributed by atoms with van der Waals surface area (Å²) in [5.74, 6) is 0.453. The third-order valence-corrected chi connectivity index (χ3v) is 8.13. The average molecular weight is 477 g/mol. The molecule has 176 valence electrons. The Balaban J connectivity index is 1.25. The Morgan fingerprint density at radius 1 is 0.971 bits per heavy atom. The number of hydrogen-bond acceptors (Lipinski definition) is 4. The van der Waals surface area contributed by atoms with Crippen molar-refractivity contribution >= 4 is 27.8 Å². The van der Waals surface area contributed by atoms with Crippen molar-refractivity contribution in [2.45, 2.75) is 32.1 Å². The van der Waals surface area contributed by atoms with Crippen molar-refractivity contribution < 1.29 is 13.2 Å². The lowest BCUT2D eigenvalue weighted by atomic mass is 9.97. The van der Waals surface area contributed by atoms with E-state index in [-0.39, 0.29) is 11.8 Å². The number of amides is 1. The highest BCUT2D eigenvalue weighted by Gasteiger charge is 2.32. The van der Waals surface area contributed by atoms with Crippen molar-refractivity contribution in [1.82, 2.24) is 14.1 Å². The summed E-state index contributed by atoms with van der Waals surface area (Å²) in [6.45, 7) is 0.658. The molecule has 5 rings (SSSR count). The van der Waals surface area contributed by atoms with Crippen LogP contribution in [0.1, 0.15) is 36.1 Å². The molecule has 34 heavy (non-hydrogen) atoms. The van der Waals surface area contributed by atoms with E-state index in [2.05, 4.69) is 5.32 Å². The quantitative estimate of drug-likeness (QED) is 0.583. The summed E-state index contributed by atoms with van der Waals surface area (Å²) in [7, 11) is -3.52. The van der Waals surface area contributed by atoms with Gasteiger partial charge < -0.3 is 5.32 Å². The van der Waals surface area contributed by atoms with E-state index < -0.39 is 10.0 Å². The summed E-state index contributed by atoms with van der Waals surface area (Å²) in [6, 6.07) is 19.2. The Bertz CT molecular complexity index is 1290. The molecule has 1 saturated heterocycles. The molecule has 1 aliphatic carbocycles. The number of anilines is 1. The van der Waals surface area contributed by atoms with Crippen LogP contribution in [0.5, 0.6) is 0 Å². The number of aromatic nitrogens is 2. The molecular formula is C26H28N4O3S. The Hall–Kier alpha value is -3.23. The molecule has 2 heterocycles. The minimum atomic E-state index is -3.52. The van der Waals surface area contributed by atoms with Gasteiger partial charge in [-0.05, 0) is 55.9 Å². The minimum absolute atomic E-state index is 0.0661. The molecule has 1 aromatic heterocycles. The van der Waals surface area contributed by atoms with Crippen LogP contribution in [-0.2, 0) is 27.7 Å². The van der Waals surface area contributed by atoms with Crippen LogP contribution in [0.2, 0.25) is 0 Å². The van der Waals surface area contributed by atoms with Crippen molar-refractivity contribution in [2.24, 2.45) is 5.92 Å². The fourth-order valence-corrected chi connectivity index (χ4v) is 5.90. The molecule has 1 N–H and O–H groups in total. The molecule has 2 aromatic carbocycles. The van der Waals surface area contributed by atoms with E-state index in [0.717, 1.165) is 47.6 Å². The van der Waals surface area contributed by atoms with Gasteiger partial charge in [-0.1, -0.05) is 48.5 Å². The first-order chi connectivity index (χ1) is 16.5. The van der Waals surface area contributed by atoms with Crippen LogP contribution in [0.4, 0.5) is 5.82 Å². The molecule has 1 aliphatic heterocycles. The zero-order valence-electron chi connectivity index (χ0n) is 18.9. The van der Waals surface area contributed by atoms with Gasteiger partial charge >= 0.3 is 0 Å². The number of aryl methyl sites for hydroxylation is 1. The molecule has 0 unspecified atom stereocenters. The van der Waals surface area contributed by atoms with E-state index in [1.807, 2.05) is 65.3 Å². The van der Waals surface area contributed by atoms with Crippen LogP contribution in [0.15, 0.2) is 66.1 Å². The lowest BCUT2D eigenvalue weighted by Crippen LogP contribution is -2.40. The monoisotopic (exact) mass is 476 g/mol. The normalized spacial score (nSPS) is 17.2. The summed E-state index contributed by atoms with van der Waals surface area (Å²) in [5.41, 5.74) is 3.91. The Labute approximate surface area is 200 Å². The molecule has 0 atom stereocenters. The van der Waals surface area contributed by atoms with Crippen LogP contribution in [0, 0.1) is 5.92 Å². The van der Waals surface area contributed by atoms with E-state index in [1.54, 1.807) is 6.08 Å². The van der Waals surface area contributed by atoms with Crippen LogP contribution in [0.3, 0.4) is 0 Å². The van der Waals surface area contributed by atoms with Crippen molar-refractivity contribution in [2.75, 3.05) is 18.4 Å². The molecule has 7 nitrogen and oxygen atoms in total. The number of sulfonamides is 1. The van der Waals surface area contributed by atoms with Crippen LogP contribution >= 0.6 is 0 Å². The Morgan fingerprint density at radius 3 is 2.35 bits per heavy atom. The maximum Gasteiger partial charge on any atom is 0.236 e. The second-order valence-corrected chi connectivity index (χ2v) is 10.6. The second kappa shape index (κ2) is 9.56. The van der Waals surface area contributed by atoms with Crippen LogP contribution < -0.4 is 5.32 Å². The summed E-state index contributed by atoms with van der Waals surface area (Å²) in [6.07, 6.45) is 5.47. The largest absolute Gasteiger partial charge is 0.310 e. The number of nitrogens with zero attached hydrogens (tertiary/aromatic N) is 3. The van der Waals surface area contributed by atoms with Crippen molar-refractivity contribution in [3.05, 3.63) is 82.9 Å². The van der Waals surface area contributed by atoms with E-state index in [9.17, 15) is 13.2 Å². The van der Waals surface area contributed by atoms with Gasteiger partial charge in [0.05, 0.1) is 11.4 Å². The maximum atomic E-state index is 13.2. The SMILES string of the molecule is O=C(Nc1c2c(nn1-c1ccccc1)CCC2)C1CCN(S(=O)(=O)/C=C/c2ccccc2)CC1. The maximum absolute atomic E-state index is 13.2. The molecule has 8 heteroatoms. The van der Waals surface area contributed by atoms with Crippen LogP contribution in [-0.4, -0.2) is 41.5 Å². The molecule has 1 fully saturated rings. The number of hydrogen-bond donors (Lipinski definition) is 1. The smallest absolute Gasteiger partial charge is 0.236 e. The highest BCUT2D eigenvalue weighted by Crippen LogP contribution is 2.32. The van der Waals surface area contributed by atoms with Crippen LogP contribution in [0.25, 0.3) is 11.8 Å². The zero-order chi connectivity index (χ0) is 23.5. The topological polar surface area (TPSA) is 84.3 Å².